The highest BCUT2D eigenvalue weighted by molar-refractivity contribution is 6.39. The van der Waals surface area contributed by atoms with Crippen LogP contribution in [0.15, 0.2) is 12.2 Å². The molecule has 3 rings (SSSR count). The maximum atomic E-state index is 13.8. The van der Waals surface area contributed by atoms with Gasteiger partial charge in [-0.05, 0) is 90.9 Å². The van der Waals surface area contributed by atoms with Crippen LogP contribution in [-0.2, 0) is 28.7 Å². The first-order valence-corrected chi connectivity index (χ1v) is 14.0. The smallest absolute Gasteiger partial charge is 0.328 e. The average molecular weight is 504 g/mol. The molecule has 0 aromatic rings. The second-order valence-corrected chi connectivity index (χ2v) is 11.6. The number of ketones is 2. The molecule has 0 spiro atoms. The first kappa shape index (κ1) is 28.5. The number of carbonyl (C=O) groups is 4. The van der Waals surface area contributed by atoms with E-state index >= 15 is 0 Å². The van der Waals surface area contributed by atoms with Crippen molar-refractivity contribution in [2.75, 3.05) is 6.61 Å². The summed E-state index contributed by atoms with van der Waals surface area (Å²) in [4.78, 5) is 54.2. The number of carbonyl (C=O) groups excluding carboxylic acids is 4. The fraction of sp³-hybridized carbons (Fsp3) is 0.793. The number of fused-ring (bicyclic) bond motifs is 3. The highest BCUT2D eigenvalue weighted by atomic mass is 16.5. The van der Waals surface area contributed by atoms with E-state index in [0.29, 0.717) is 38.5 Å². The molecular formula is C29H45NO6. The van der Waals surface area contributed by atoms with Gasteiger partial charge in [0.15, 0.2) is 0 Å². The third kappa shape index (κ3) is 6.84. The number of rotatable bonds is 0. The van der Waals surface area contributed by atoms with Crippen molar-refractivity contribution in [3.8, 4) is 0 Å². The number of hydrogen-bond donors (Lipinski definition) is 0. The highest BCUT2D eigenvalue weighted by Crippen LogP contribution is 2.39. The first-order valence-electron chi connectivity index (χ1n) is 14.0. The lowest BCUT2D eigenvalue weighted by Crippen LogP contribution is -2.65. The van der Waals surface area contributed by atoms with Crippen LogP contribution in [0.4, 0.5) is 0 Å². The van der Waals surface area contributed by atoms with Gasteiger partial charge in [0.2, 0.25) is 0 Å². The van der Waals surface area contributed by atoms with Crippen LogP contribution in [0.25, 0.3) is 0 Å². The molecule has 0 N–H and O–H groups in total. The van der Waals surface area contributed by atoms with Gasteiger partial charge in [0, 0.05) is 18.4 Å². The van der Waals surface area contributed by atoms with Gasteiger partial charge in [-0.15, -0.1) is 0 Å². The SMILES string of the molecule is CC1CCC2C(=O)OCCCCC(=O)C/C=C\CCCCC3CCCC(C)(O3)C(=O)C(=O)N2C1(C)C. The lowest BCUT2D eigenvalue weighted by atomic mass is 9.76. The Hall–Kier alpha value is -2.02. The summed E-state index contributed by atoms with van der Waals surface area (Å²) < 4.78 is 11.9. The van der Waals surface area contributed by atoms with Crippen LogP contribution < -0.4 is 0 Å². The summed E-state index contributed by atoms with van der Waals surface area (Å²) >= 11 is 0. The molecule has 3 heterocycles. The predicted octanol–water partition coefficient (Wildman–Crippen LogP) is 5.09. The zero-order chi connectivity index (χ0) is 26.3. The van der Waals surface area contributed by atoms with E-state index in [1.54, 1.807) is 6.92 Å². The maximum Gasteiger partial charge on any atom is 0.328 e. The highest BCUT2D eigenvalue weighted by Gasteiger charge is 2.52. The molecular weight excluding hydrogens is 458 g/mol. The van der Waals surface area contributed by atoms with Crippen LogP contribution in [0.1, 0.15) is 111 Å². The number of allylic oxidation sites excluding steroid dienone is 2. The Bertz CT molecular complexity index is 849. The molecule has 0 aromatic carbocycles. The van der Waals surface area contributed by atoms with Crippen molar-refractivity contribution in [3.63, 3.8) is 0 Å². The molecule has 36 heavy (non-hydrogen) atoms. The Morgan fingerprint density at radius 2 is 1.64 bits per heavy atom. The molecule has 0 saturated carbocycles. The van der Waals surface area contributed by atoms with Crippen molar-refractivity contribution in [2.24, 2.45) is 5.92 Å². The predicted molar refractivity (Wildman–Crippen MR) is 137 cm³/mol. The molecule has 2 saturated heterocycles. The first-order chi connectivity index (χ1) is 17.1. The minimum Gasteiger partial charge on any atom is -0.464 e. The molecule has 2 fully saturated rings. The molecule has 4 atom stereocenters. The Morgan fingerprint density at radius 1 is 0.889 bits per heavy atom. The van der Waals surface area contributed by atoms with E-state index in [2.05, 4.69) is 13.0 Å². The fourth-order valence-electron chi connectivity index (χ4n) is 5.78. The number of piperidine rings is 1. The maximum absolute atomic E-state index is 13.8. The summed E-state index contributed by atoms with van der Waals surface area (Å²) in [5.41, 5.74) is -1.85. The Balaban J connectivity index is 1.82. The largest absolute Gasteiger partial charge is 0.464 e. The van der Waals surface area contributed by atoms with E-state index in [1.165, 1.54) is 4.90 Å². The number of hydrogen-bond acceptors (Lipinski definition) is 6. The monoisotopic (exact) mass is 503 g/mol. The molecule has 0 aromatic heterocycles. The third-order valence-electron chi connectivity index (χ3n) is 8.54. The van der Waals surface area contributed by atoms with Crippen molar-refractivity contribution < 1.29 is 28.7 Å². The number of amides is 1. The lowest BCUT2D eigenvalue weighted by Gasteiger charge is -2.51. The van der Waals surface area contributed by atoms with E-state index in [9.17, 15) is 19.2 Å². The van der Waals surface area contributed by atoms with E-state index in [1.807, 2.05) is 19.9 Å². The summed E-state index contributed by atoms with van der Waals surface area (Å²) in [7, 11) is 0. The number of ether oxygens (including phenoxy) is 2. The lowest BCUT2D eigenvalue weighted by molar-refractivity contribution is -0.180. The van der Waals surface area contributed by atoms with Crippen LogP contribution in [0, 0.1) is 5.92 Å². The van der Waals surface area contributed by atoms with Crippen molar-refractivity contribution in [1.29, 1.82) is 0 Å². The number of cyclic esters (lactones) is 1. The van der Waals surface area contributed by atoms with Crippen molar-refractivity contribution in [2.45, 2.75) is 134 Å². The van der Waals surface area contributed by atoms with Gasteiger partial charge in [-0.2, -0.15) is 0 Å². The van der Waals surface area contributed by atoms with Crippen LogP contribution in [-0.4, -0.2) is 58.2 Å². The summed E-state index contributed by atoms with van der Waals surface area (Å²) in [6.45, 7) is 7.85. The molecule has 2 bridgehead atoms. The summed E-state index contributed by atoms with van der Waals surface area (Å²) in [5, 5.41) is 0. The molecule has 1 amide bonds. The standard InChI is InChI=1S/C29H45NO6/c1-21-17-18-24-27(34)35-20-11-10-14-22(31)13-8-6-5-7-9-15-23-16-12-19-29(4,36-23)25(32)26(33)30(24)28(21,2)3/h6,8,21,23-24H,5,7,9-20H2,1-4H3/b8-6-. The normalized spacial score (nSPS) is 34.8. The number of esters is 1. The van der Waals surface area contributed by atoms with Crippen molar-refractivity contribution >= 4 is 23.4 Å². The Labute approximate surface area is 216 Å². The average Bonchev–Trinajstić information content (AvgIpc) is 2.83. The summed E-state index contributed by atoms with van der Waals surface area (Å²) in [6.07, 6.45) is 13.3. The zero-order valence-electron chi connectivity index (χ0n) is 22.7. The van der Waals surface area contributed by atoms with Gasteiger partial charge in [-0.1, -0.05) is 25.5 Å². The molecule has 4 unspecified atom stereocenters. The minimum absolute atomic E-state index is 0.0609. The van der Waals surface area contributed by atoms with Gasteiger partial charge < -0.3 is 14.4 Å². The van der Waals surface area contributed by atoms with Crippen LogP contribution in [0.3, 0.4) is 0 Å². The molecule has 3 aliphatic heterocycles. The molecule has 202 valence electrons. The fourth-order valence-corrected chi connectivity index (χ4v) is 5.78. The topological polar surface area (TPSA) is 90.0 Å². The Kier molecular flexibility index (Phi) is 9.90. The van der Waals surface area contributed by atoms with E-state index in [4.69, 9.17) is 9.47 Å². The molecule has 0 aliphatic carbocycles. The van der Waals surface area contributed by atoms with E-state index < -0.39 is 34.8 Å². The van der Waals surface area contributed by atoms with Crippen molar-refractivity contribution in [1.82, 2.24) is 4.90 Å². The van der Waals surface area contributed by atoms with E-state index in [-0.39, 0.29) is 24.4 Å². The van der Waals surface area contributed by atoms with Gasteiger partial charge in [-0.25, -0.2) is 4.79 Å². The van der Waals surface area contributed by atoms with E-state index in [0.717, 1.165) is 44.9 Å². The second-order valence-electron chi connectivity index (χ2n) is 11.6. The van der Waals surface area contributed by atoms with Gasteiger partial charge in [0.05, 0.1) is 12.7 Å². The van der Waals surface area contributed by atoms with Crippen LogP contribution in [0.5, 0.6) is 0 Å². The Morgan fingerprint density at radius 3 is 2.42 bits per heavy atom. The van der Waals surface area contributed by atoms with Crippen LogP contribution in [0.2, 0.25) is 0 Å². The van der Waals surface area contributed by atoms with Crippen molar-refractivity contribution in [3.05, 3.63) is 12.2 Å². The van der Waals surface area contributed by atoms with Crippen LogP contribution >= 0.6 is 0 Å². The summed E-state index contributed by atoms with van der Waals surface area (Å²) in [5.74, 6) is -1.35. The minimum atomic E-state index is -1.18. The van der Waals surface area contributed by atoms with Gasteiger partial charge in [-0.3, -0.25) is 14.4 Å². The van der Waals surface area contributed by atoms with Gasteiger partial charge in [0.25, 0.3) is 11.7 Å². The molecule has 0 radical (unpaired) electrons. The quantitative estimate of drug-likeness (QED) is 0.260. The molecule has 7 nitrogen and oxygen atoms in total. The second kappa shape index (κ2) is 12.5. The number of Topliss-reactive ketones (excluding diaryl/α,β-unsaturated/α-hetero) is 2. The summed E-state index contributed by atoms with van der Waals surface area (Å²) in [6, 6.07) is -0.795. The molecule has 7 heteroatoms. The third-order valence-corrected chi connectivity index (χ3v) is 8.54. The molecule has 3 aliphatic rings. The zero-order valence-corrected chi connectivity index (χ0v) is 22.7. The van der Waals surface area contributed by atoms with Gasteiger partial charge >= 0.3 is 5.97 Å². The number of nitrogens with zero attached hydrogens (tertiary/aromatic N) is 1. The van der Waals surface area contributed by atoms with Gasteiger partial charge in [0.1, 0.15) is 17.4 Å².